The van der Waals surface area contributed by atoms with Gasteiger partial charge in [0.1, 0.15) is 5.75 Å². The first-order chi connectivity index (χ1) is 14.7. The van der Waals surface area contributed by atoms with E-state index in [1.165, 1.54) is 18.2 Å². The average Bonchev–Trinajstić information content (AvgIpc) is 3.50. The molecule has 4 rings (SSSR count). The fraction of sp³-hybridized carbons (Fsp3) is 0.524. The average molecular weight is 439 g/mol. The third-order valence-corrected chi connectivity index (χ3v) is 6.38. The minimum absolute atomic E-state index is 0.0257. The van der Waals surface area contributed by atoms with Gasteiger partial charge in [-0.1, -0.05) is 18.2 Å². The van der Waals surface area contributed by atoms with Crippen molar-refractivity contribution in [3.63, 3.8) is 0 Å². The highest BCUT2D eigenvalue weighted by Gasteiger charge is 2.52. The van der Waals surface area contributed by atoms with Gasteiger partial charge in [0.05, 0.1) is 18.0 Å². The Morgan fingerprint density at radius 1 is 1.23 bits per heavy atom. The van der Waals surface area contributed by atoms with E-state index in [2.05, 4.69) is 15.4 Å². The summed E-state index contributed by atoms with van der Waals surface area (Å²) in [6.45, 7) is 1.01. The normalized spacial score (nSPS) is 27.4. The second-order valence-corrected chi connectivity index (χ2v) is 8.52. The maximum absolute atomic E-state index is 13.3. The Bertz CT molecular complexity index is 898. The Hall–Kier alpha value is -2.43. The summed E-state index contributed by atoms with van der Waals surface area (Å²) in [5, 5.41) is 15.4. The van der Waals surface area contributed by atoms with Crippen LogP contribution in [0.4, 0.5) is 13.2 Å². The third-order valence-electron chi connectivity index (χ3n) is 6.38. The van der Waals surface area contributed by atoms with Gasteiger partial charge in [-0.25, -0.2) is 5.48 Å². The van der Waals surface area contributed by atoms with Crippen LogP contribution in [0.2, 0.25) is 0 Å². The predicted molar refractivity (Wildman–Crippen MR) is 104 cm³/mol. The maximum atomic E-state index is 13.3. The Morgan fingerprint density at radius 3 is 2.68 bits per heavy atom. The molecule has 2 aliphatic heterocycles. The first-order valence-corrected chi connectivity index (χ1v) is 10.2. The van der Waals surface area contributed by atoms with Gasteiger partial charge in [0.25, 0.3) is 0 Å². The van der Waals surface area contributed by atoms with E-state index in [1.807, 2.05) is 6.08 Å². The predicted octanol–water partition coefficient (Wildman–Crippen LogP) is 2.16. The van der Waals surface area contributed by atoms with Crippen molar-refractivity contribution in [3.05, 3.63) is 35.9 Å². The van der Waals surface area contributed by atoms with Crippen LogP contribution in [0.15, 0.2) is 30.3 Å². The van der Waals surface area contributed by atoms with Gasteiger partial charge in [-0.3, -0.25) is 14.8 Å². The van der Waals surface area contributed by atoms with E-state index in [0.717, 1.165) is 18.4 Å². The first kappa shape index (κ1) is 21.8. The number of ether oxygens (including phenoxy) is 1. The van der Waals surface area contributed by atoms with Crippen molar-refractivity contribution in [1.82, 2.24) is 16.1 Å². The molecule has 1 aromatic rings. The van der Waals surface area contributed by atoms with Gasteiger partial charge < -0.3 is 15.4 Å². The lowest BCUT2D eigenvalue weighted by atomic mass is 9.78. The van der Waals surface area contributed by atoms with E-state index in [9.17, 15) is 22.8 Å². The van der Waals surface area contributed by atoms with Crippen molar-refractivity contribution in [2.24, 2.45) is 11.3 Å². The molecular formula is C21H24F3N3O4. The largest absolute Gasteiger partial charge is 0.573 e. The first-order valence-electron chi connectivity index (χ1n) is 10.2. The van der Waals surface area contributed by atoms with Crippen LogP contribution in [0.25, 0.3) is 5.57 Å². The van der Waals surface area contributed by atoms with E-state index in [0.29, 0.717) is 25.1 Å². The smallest absolute Gasteiger partial charge is 0.406 e. The summed E-state index contributed by atoms with van der Waals surface area (Å²) in [6.07, 6.45) is -0.183. The number of ketones is 1. The number of nitrogens with one attached hydrogen (secondary N) is 3. The number of Topliss-reactive ketones (excluding diaryl/α,β-unsaturated/α-hetero) is 1. The molecule has 4 N–H and O–H groups in total. The fourth-order valence-electron chi connectivity index (χ4n) is 4.56. The minimum Gasteiger partial charge on any atom is -0.406 e. The monoisotopic (exact) mass is 439 g/mol. The zero-order chi connectivity index (χ0) is 22.2. The molecule has 168 valence electrons. The number of alkyl halides is 3. The van der Waals surface area contributed by atoms with Gasteiger partial charge in [0.15, 0.2) is 5.78 Å². The number of piperidine rings is 1. The van der Waals surface area contributed by atoms with Crippen LogP contribution in [0.3, 0.4) is 0 Å². The van der Waals surface area contributed by atoms with Crippen LogP contribution >= 0.6 is 0 Å². The molecule has 1 aromatic carbocycles. The van der Waals surface area contributed by atoms with Crippen LogP contribution in [-0.2, 0) is 9.59 Å². The van der Waals surface area contributed by atoms with Crippen molar-refractivity contribution in [2.75, 3.05) is 13.1 Å². The number of hydrogen-bond donors (Lipinski definition) is 4. The summed E-state index contributed by atoms with van der Waals surface area (Å²) < 4.78 is 41.6. The number of carbonyl (C=O) groups excluding carboxylic acids is 2. The fourth-order valence-corrected chi connectivity index (χ4v) is 4.56. The van der Waals surface area contributed by atoms with E-state index in [1.54, 1.807) is 11.5 Å². The zero-order valence-electron chi connectivity index (χ0n) is 16.7. The zero-order valence-corrected chi connectivity index (χ0v) is 16.7. The lowest BCUT2D eigenvalue weighted by Gasteiger charge is -2.37. The molecular weight excluding hydrogens is 415 g/mol. The molecule has 31 heavy (non-hydrogen) atoms. The molecule has 0 aromatic heterocycles. The van der Waals surface area contributed by atoms with Crippen LogP contribution < -0.4 is 20.9 Å². The second kappa shape index (κ2) is 8.25. The van der Waals surface area contributed by atoms with Gasteiger partial charge in [0, 0.05) is 13.1 Å². The number of rotatable bonds is 5. The quantitative estimate of drug-likeness (QED) is 0.415. The standard InChI is InChI=1S/C21H24F3N3O4/c22-21(23,24)31-14-3-1-2-12(8-14)13-4-7-25-16(9-13)18(28)17-15(19(29)27-30)10-20(5-6-20)11-26-17/h1-4,8,15-17,25-26,30H,5-7,9-11H2,(H,27,29). The summed E-state index contributed by atoms with van der Waals surface area (Å²) in [5.74, 6) is -1.78. The van der Waals surface area contributed by atoms with Crippen molar-refractivity contribution in [3.8, 4) is 5.75 Å². The van der Waals surface area contributed by atoms with Crippen LogP contribution in [-0.4, -0.2) is 48.4 Å². The van der Waals surface area contributed by atoms with Crippen molar-refractivity contribution in [2.45, 2.75) is 44.1 Å². The Kier molecular flexibility index (Phi) is 5.80. The number of benzene rings is 1. The summed E-state index contributed by atoms with van der Waals surface area (Å²) in [4.78, 5) is 25.5. The second-order valence-electron chi connectivity index (χ2n) is 8.52. The molecule has 0 bridgehead atoms. The highest BCUT2D eigenvalue weighted by molar-refractivity contribution is 5.96. The number of carbonyl (C=O) groups is 2. The van der Waals surface area contributed by atoms with E-state index in [4.69, 9.17) is 5.21 Å². The van der Waals surface area contributed by atoms with E-state index in [-0.39, 0.29) is 23.4 Å². The molecule has 1 saturated heterocycles. The Labute approximate surface area is 177 Å². The number of halogens is 3. The molecule has 2 heterocycles. The van der Waals surface area contributed by atoms with Gasteiger partial charge >= 0.3 is 6.36 Å². The molecule has 1 spiro atoms. The molecule has 7 nitrogen and oxygen atoms in total. The number of hydrogen-bond acceptors (Lipinski definition) is 6. The lowest BCUT2D eigenvalue weighted by molar-refractivity contribution is -0.274. The summed E-state index contributed by atoms with van der Waals surface area (Å²) in [7, 11) is 0. The number of hydroxylamine groups is 1. The van der Waals surface area contributed by atoms with E-state index >= 15 is 0 Å². The molecule has 3 aliphatic rings. The Morgan fingerprint density at radius 2 is 2.00 bits per heavy atom. The van der Waals surface area contributed by atoms with Crippen LogP contribution in [0, 0.1) is 11.3 Å². The maximum Gasteiger partial charge on any atom is 0.573 e. The summed E-state index contributed by atoms with van der Waals surface area (Å²) >= 11 is 0. The van der Waals surface area contributed by atoms with Crippen LogP contribution in [0.1, 0.15) is 31.2 Å². The molecule has 1 aliphatic carbocycles. The van der Waals surface area contributed by atoms with Gasteiger partial charge in [0.2, 0.25) is 5.91 Å². The molecule has 1 amide bonds. The molecule has 1 saturated carbocycles. The summed E-state index contributed by atoms with van der Waals surface area (Å²) in [6, 6.07) is 4.31. The Balaban J connectivity index is 1.48. The number of amides is 1. The molecule has 0 radical (unpaired) electrons. The van der Waals surface area contributed by atoms with Crippen LogP contribution in [0.5, 0.6) is 5.75 Å². The van der Waals surface area contributed by atoms with Gasteiger partial charge in [-0.2, -0.15) is 0 Å². The van der Waals surface area contributed by atoms with E-state index < -0.39 is 30.3 Å². The SMILES string of the molecule is O=C(NO)C1CC2(CC2)CNC1C(=O)C1CC(c2cccc(OC(F)(F)F)c2)=CCN1. The third kappa shape index (κ3) is 4.91. The minimum atomic E-state index is -4.78. The van der Waals surface area contributed by atoms with Crippen molar-refractivity contribution < 1.29 is 32.7 Å². The van der Waals surface area contributed by atoms with Gasteiger partial charge in [-0.05, 0) is 54.4 Å². The van der Waals surface area contributed by atoms with Gasteiger partial charge in [-0.15, -0.1) is 13.2 Å². The molecule has 3 atom stereocenters. The highest BCUT2D eigenvalue weighted by Crippen LogP contribution is 2.52. The molecule has 10 heteroatoms. The van der Waals surface area contributed by atoms with Crippen molar-refractivity contribution >= 4 is 17.3 Å². The lowest BCUT2D eigenvalue weighted by Crippen LogP contribution is -2.59. The molecule has 2 fully saturated rings. The summed E-state index contributed by atoms with van der Waals surface area (Å²) in [5.41, 5.74) is 2.97. The highest BCUT2D eigenvalue weighted by atomic mass is 19.4. The van der Waals surface area contributed by atoms with Crippen molar-refractivity contribution in [1.29, 1.82) is 0 Å². The topological polar surface area (TPSA) is 99.7 Å². The molecule has 3 unspecified atom stereocenters.